The van der Waals surface area contributed by atoms with Crippen LogP contribution in [0.25, 0.3) is 0 Å². The summed E-state index contributed by atoms with van der Waals surface area (Å²) in [5.74, 6) is -2.45. The molecule has 118 valence electrons. The van der Waals surface area contributed by atoms with Crippen molar-refractivity contribution in [3.05, 3.63) is 0 Å². The zero-order chi connectivity index (χ0) is 15.4. The SMILES string of the molecule is CCN(CC)C1CCCCC1.O=C([O-])CCCC(=O)[O-]. The van der Waals surface area contributed by atoms with E-state index in [0.29, 0.717) is 0 Å². The average Bonchev–Trinajstić information content (AvgIpc) is 2.41. The van der Waals surface area contributed by atoms with E-state index >= 15 is 0 Å². The lowest BCUT2D eigenvalue weighted by Gasteiger charge is -2.32. The maximum Gasteiger partial charge on any atom is 0.0414 e. The third-order valence-electron chi connectivity index (χ3n) is 3.67. The van der Waals surface area contributed by atoms with E-state index in [9.17, 15) is 19.8 Å². The Morgan fingerprint density at radius 1 is 0.950 bits per heavy atom. The van der Waals surface area contributed by atoms with Crippen molar-refractivity contribution in [2.24, 2.45) is 0 Å². The van der Waals surface area contributed by atoms with Crippen molar-refractivity contribution in [2.75, 3.05) is 13.1 Å². The predicted molar refractivity (Wildman–Crippen MR) is 73.7 cm³/mol. The third kappa shape index (κ3) is 9.78. The smallest absolute Gasteiger partial charge is 0.0414 e. The van der Waals surface area contributed by atoms with Crippen LogP contribution >= 0.6 is 0 Å². The second-order valence-electron chi connectivity index (χ2n) is 5.11. The average molecular weight is 285 g/mol. The van der Waals surface area contributed by atoms with E-state index in [4.69, 9.17) is 0 Å². The first-order valence-electron chi connectivity index (χ1n) is 7.64. The highest BCUT2D eigenvalue weighted by molar-refractivity contribution is 5.67. The highest BCUT2D eigenvalue weighted by Crippen LogP contribution is 2.21. The van der Waals surface area contributed by atoms with Gasteiger partial charge in [-0.1, -0.05) is 33.1 Å². The van der Waals surface area contributed by atoms with Gasteiger partial charge in [-0.15, -0.1) is 0 Å². The molecule has 20 heavy (non-hydrogen) atoms. The van der Waals surface area contributed by atoms with Gasteiger partial charge in [-0.25, -0.2) is 0 Å². The van der Waals surface area contributed by atoms with Gasteiger partial charge < -0.3 is 24.7 Å². The van der Waals surface area contributed by atoms with Crippen LogP contribution in [0.4, 0.5) is 0 Å². The third-order valence-corrected chi connectivity index (χ3v) is 3.67. The lowest BCUT2D eigenvalue weighted by molar-refractivity contribution is -0.307. The first-order chi connectivity index (χ1) is 9.51. The molecule has 0 aromatic heterocycles. The van der Waals surface area contributed by atoms with E-state index in [1.54, 1.807) is 0 Å². The molecule has 5 heteroatoms. The number of rotatable bonds is 7. The zero-order valence-corrected chi connectivity index (χ0v) is 12.7. The van der Waals surface area contributed by atoms with Crippen LogP contribution in [0.2, 0.25) is 0 Å². The summed E-state index contributed by atoms with van der Waals surface area (Å²) in [5.41, 5.74) is 0. The summed E-state index contributed by atoms with van der Waals surface area (Å²) < 4.78 is 0. The zero-order valence-electron chi connectivity index (χ0n) is 12.7. The highest BCUT2D eigenvalue weighted by Gasteiger charge is 2.17. The molecule has 0 N–H and O–H groups in total. The molecule has 1 saturated carbocycles. The fraction of sp³-hybridized carbons (Fsp3) is 0.867. The van der Waals surface area contributed by atoms with Gasteiger partial charge in [-0.2, -0.15) is 0 Å². The van der Waals surface area contributed by atoms with Gasteiger partial charge in [0.05, 0.1) is 0 Å². The van der Waals surface area contributed by atoms with Crippen LogP contribution in [0.3, 0.4) is 0 Å². The Bertz CT molecular complexity index is 257. The Morgan fingerprint density at radius 2 is 1.40 bits per heavy atom. The molecule has 0 radical (unpaired) electrons. The Morgan fingerprint density at radius 3 is 1.75 bits per heavy atom. The van der Waals surface area contributed by atoms with E-state index < -0.39 is 11.9 Å². The van der Waals surface area contributed by atoms with Crippen molar-refractivity contribution in [2.45, 2.75) is 71.3 Å². The van der Waals surface area contributed by atoms with Gasteiger partial charge in [0.15, 0.2) is 0 Å². The fourth-order valence-corrected chi connectivity index (χ4v) is 2.56. The highest BCUT2D eigenvalue weighted by atomic mass is 16.4. The summed E-state index contributed by atoms with van der Waals surface area (Å²) in [5, 5.41) is 19.3. The first-order valence-corrected chi connectivity index (χ1v) is 7.64. The van der Waals surface area contributed by atoms with Crippen LogP contribution in [0.5, 0.6) is 0 Å². The van der Waals surface area contributed by atoms with Crippen molar-refractivity contribution >= 4 is 11.9 Å². The minimum absolute atomic E-state index is 0.0880. The van der Waals surface area contributed by atoms with E-state index in [1.807, 2.05) is 0 Å². The van der Waals surface area contributed by atoms with Gasteiger partial charge >= 0.3 is 0 Å². The Balaban J connectivity index is 0.000000370. The topological polar surface area (TPSA) is 83.5 Å². The molecule has 0 aromatic carbocycles. The van der Waals surface area contributed by atoms with Gasteiger partial charge in [-0.05, 0) is 45.2 Å². The minimum atomic E-state index is -1.23. The second kappa shape index (κ2) is 11.7. The maximum atomic E-state index is 9.66. The Kier molecular flexibility index (Phi) is 11.1. The van der Waals surface area contributed by atoms with Gasteiger partial charge in [0.25, 0.3) is 0 Å². The quantitative estimate of drug-likeness (QED) is 0.672. The molecule has 1 rings (SSSR count). The van der Waals surface area contributed by atoms with E-state index in [-0.39, 0.29) is 19.3 Å². The number of carbonyl (C=O) groups excluding carboxylic acids is 2. The number of carbonyl (C=O) groups is 2. The molecule has 0 aromatic rings. The van der Waals surface area contributed by atoms with Crippen LogP contribution in [-0.2, 0) is 9.59 Å². The fourth-order valence-electron chi connectivity index (χ4n) is 2.56. The molecule has 0 atom stereocenters. The molecule has 1 fully saturated rings. The second-order valence-corrected chi connectivity index (χ2v) is 5.11. The van der Waals surface area contributed by atoms with E-state index in [2.05, 4.69) is 18.7 Å². The molecule has 1 aliphatic rings. The molecule has 0 amide bonds. The number of nitrogens with zero attached hydrogens (tertiary/aromatic N) is 1. The van der Waals surface area contributed by atoms with Crippen molar-refractivity contribution in [3.63, 3.8) is 0 Å². The van der Waals surface area contributed by atoms with Gasteiger partial charge in [0.1, 0.15) is 0 Å². The summed E-state index contributed by atoms with van der Waals surface area (Å²) in [4.78, 5) is 21.9. The standard InChI is InChI=1S/C10H21N.C5H8O4/c1-3-11(4-2)10-8-6-5-7-9-10;6-4(7)2-1-3-5(8)9/h10H,3-9H2,1-2H3;1-3H2,(H,6,7)(H,8,9)/p-2. The minimum Gasteiger partial charge on any atom is -0.550 e. The normalized spacial score (nSPS) is 15.6. The number of carboxylic acids is 2. The summed E-state index contributed by atoms with van der Waals surface area (Å²) >= 11 is 0. The number of aliphatic carboxylic acids is 2. The van der Waals surface area contributed by atoms with Crippen LogP contribution in [-0.4, -0.2) is 36.0 Å². The van der Waals surface area contributed by atoms with Crippen LogP contribution in [0.15, 0.2) is 0 Å². The van der Waals surface area contributed by atoms with E-state index in [1.165, 1.54) is 45.2 Å². The van der Waals surface area contributed by atoms with Crippen molar-refractivity contribution in [1.29, 1.82) is 0 Å². The number of hydrogen-bond donors (Lipinski definition) is 0. The lowest BCUT2D eigenvalue weighted by Crippen LogP contribution is -2.36. The van der Waals surface area contributed by atoms with Gasteiger partial charge in [0, 0.05) is 18.0 Å². The monoisotopic (exact) mass is 285 g/mol. The molecular formula is C15H27NO4-2. The predicted octanol–water partition coefficient (Wildman–Crippen LogP) is 0.317. The number of carboxylic acid groups (broad SMARTS) is 2. The molecule has 5 nitrogen and oxygen atoms in total. The molecule has 1 aliphatic carbocycles. The summed E-state index contributed by atoms with van der Waals surface area (Å²) in [7, 11) is 0. The number of hydrogen-bond acceptors (Lipinski definition) is 5. The maximum absolute atomic E-state index is 9.66. The summed E-state index contributed by atoms with van der Waals surface area (Å²) in [6.45, 7) is 7.03. The summed E-state index contributed by atoms with van der Waals surface area (Å²) in [6.07, 6.45) is 6.94. The molecular weight excluding hydrogens is 258 g/mol. The van der Waals surface area contributed by atoms with Gasteiger partial charge in [-0.3, -0.25) is 0 Å². The Labute approximate surface area is 122 Å². The van der Waals surface area contributed by atoms with Crippen molar-refractivity contribution in [3.8, 4) is 0 Å². The largest absolute Gasteiger partial charge is 0.550 e. The Hall–Kier alpha value is -1.10. The molecule has 0 heterocycles. The molecule has 0 aliphatic heterocycles. The molecule has 0 saturated heterocycles. The van der Waals surface area contributed by atoms with Crippen LogP contribution in [0.1, 0.15) is 65.2 Å². The van der Waals surface area contributed by atoms with Crippen LogP contribution in [0, 0.1) is 0 Å². The first kappa shape index (κ1) is 18.9. The molecule has 0 bridgehead atoms. The van der Waals surface area contributed by atoms with Gasteiger partial charge in [0.2, 0.25) is 0 Å². The van der Waals surface area contributed by atoms with Crippen molar-refractivity contribution in [1.82, 2.24) is 4.90 Å². The van der Waals surface area contributed by atoms with Crippen LogP contribution < -0.4 is 10.2 Å². The molecule has 0 unspecified atom stereocenters. The molecule has 0 spiro atoms. The van der Waals surface area contributed by atoms with E-state index in [0.717, 1.165) is 6.04 Å². The summed E-state index contributed by atoms with van der Waals surface area (Å²) in [6, 6.07) is 0.916. The van der Waals surface area contributed by atoms with Crippen molar-refractivity contribution < 1.29 is 19.8 Å². The lowest BCUT2D eigenvalue weighted by atomic mass is 9.94.